The molecule has 2 heterocycles. The number of aryl methyl sites for hydroxylation is 1. The highest BCUT2D eigenvalue weighted by atomic mass is 15.3. The summed E-state index contributed by atoms with van der Waals surface area (Å²) in [7, 11) is 0. The molecule has 0 saturated carbocycles. The lowest BCUT2D eigenvalue weighted by atomic mass is 10.2. The SMILES string of the molecule is Cc1[nH]ccc1CNc1nnc(N)[nH]1. The molecule has 0 aliphatic carbocycles. The van der Waals surface area contributed by atoms with Crippen LogP contribution in [-0.2, 0) is 6.54 Å². The Morgan fingerprint density at radius 2 is 2.36 bits per heavy atom. The van der Waals surface area contributed by atoms with E-state index < -0.39 is 0 Å². The normalized spacial score (nSPS) is 10.4. The summed E-state index contributed by atoms with van der Waals surface area (Å²) in [6.45, 7) is 2.72. The van der Waals surface area contributed by atoms with E-state index in [1.54, 1.807) is 0 Å². The van der Waals surface area contributed by atoms with Gasteiger partial charge in [0, 0.05) is 18.4 Å². The molecule has 0 aromatic carbocycles. The number of nitrogens with two attached hydrogens (primary N) is 1. The molecular formula is C8H12N6. The van der Waals surface area contributed by atoms with Gasteiger partial charge >= 0.3 is 0 Å². The van der Waals surface area contributed by atoms with Gasteiger partial charge in [0.2, 0.25) is 11.9 Å². The number of aromatic nitrogens is 4. The summed E-state index contributed by atoms with van der Waals surface area (Å²) in [5.74, 6) is 0.904. The van der Waals surface area contributed by atoms with Gasteiger partial charge in [-0.25, -0.2) is 0 Å². The van der Waals surface area contributed by atoms with Crippen molar-refractivity contribution in [3.8, 4) is 0 Å². The second-order valence-corrected chi connectivity index (χ2v) is 3.04. The number of nitrogen functional groups attached to an aromatic ring is 1. The Balaban J connectivity index is 1.98. The molecule has 0 aliphatic rings. The molecule has 2 aromatic heterocycles. The van der Waals surface area contributed by atoms with Crippen molar-refractivity contribution >= 4 is 11.9 Å². The number of anilines is 2. The van der Waals surface area contributed by atoms with Crippen LogP contribution in [0.2, 0.25) is 0 Å². The molecule has 0 aliphatic heterocycles. The third-order valence-corrected chi connectivity index (χ3v) is 2.02. The Morgan fingerprint density at radius 3 is 2.93 bits per heavy atom. The summed E-state index contributed by atoms with van der Waals surface area (Å²) in [6, 6.07) is 2.02. The van der Waals surface area contributed by atoms with Crippen molar-refractivity contribution < 1.29 is 0 Å². The van der Waals surface area contributed by atoms with Crippen LogP contribution in [0.4, 0.5) is 11.9 Å². The number of aromatic amines is 2. The molecule has 0 bridgehead atoms. The van der Waals surface area contributed by atoms with E-state index in [0.717, 1.165) is 5.69 Å². The maximum absolute atomic E-state index is 5.38. The van der Waals surface area contributed by atoms with Crippen molar-refractivity contribution in [2.24, 2.45) is 0 Å². The van der Waals surface area contributed by atoms with Gasteiger partial charge in [-0.1, -0.05) is 0 Å². The molecule has 0 unspecified atom stereocenters. The number of H-pyrrole nitrogens is 2. The molecule has 0 radical (unpaired) electrons. The van der Waals surface area contributed by atoms with Crippen LogP contribution in [0, 0.1) is 6.92 Å². The molecule has 6 nitrogen and oxygen atoms in total. The van der Waals surface area contributed by atoms with Crippen LogP contribution in [0.15, 0.2) is 12.3 Å². The third-order valence-electron chi connectivity index (χ3n) is 2.02. The lowest BCUT2D eigenvalue weighted by Crippen LogP contribution is -2.01. The summed E-state index contributed by atoms with van der Waals surface area (Å²) in [4.78, 5) is 5.89. The molecule has 6 heteroatoms. The molecule has 0 saturated heterocycles. The Bertz CT molecular complexity index is 415. The quantitative estimate of drug-likeness (QED) is 0.573. The number of hydrogen-bond donors (Lipinski definition) is 4. The van der Waals surface area contributed by atoms with Crippen LogP contribution < -0.4 is 11.1 Å². The number of rotatable bonds is 3. The molecule has 0 amide bonds. The highest BCUT2D eigenvalue weighted by Gasteiger charge is 2.01. The Kier molecular flexibility index (Phi) is 2.10. The zero-order valence-corrected chi connectivity index (χ0v) is 7.83. The minimum atomic E-state index is 0.318. The van der Waals surface area contributed by atoms with Gasteiger partial charge in [-0.05, 0) is 18.6 Å². The van der Waals surface area contributed by atoms with E-state index in [4.69, 9.17) is 5.73 Å². The fourth-order valence-corrected chi connectivity index (χ4v) is 1.21. The van der Waals surface area contributed by atoms with E-state index in [-0.39, 0.29) is 0 Å². The Hall–Kier alpha value is -1.98. The van der Waals surface area contributed by atoms with Crippen LogP contribution in [0.25, 0.3) is 0 Å². The molecule has 0 atom stereocenters. The van der Waals surface area contributed by atoms with E-state index in [1.165, 1.54) is 5.56 Å². The van der Waals surface area contributed by atoms with Crippen LogP contribution in [0.1, 0.15) is 11.3 Å². The predicted octanol–water partition coefficient (Wildman–Crippen LogP) is 0.636. The van der Waals surface area contributed by atoms with E-state index in [2.05, 4.69) is 25.5 Å². The van der Waals surface area contributed by atoms with Gasteiger partial charge in [-0.15, -0.1) is 10.2 Å². The predicted molar refractivity (Wildman–Crippen MR) is 53.7 cm³/mol. The molecule has 2 rings (SSSR count). The van der Waals surface area contributed by atoms with Gasteiger partial charge in [0.25, 0.3) is 0 Å². The Labute approximate surface area is 80.9 Å². The molecule has 74 valence electrons. The zero-order valence-electron chi connectivity index (χ0n) is 7.83. The fraction of sp³-hybridized carbons (Fsp3) is 0.250. The third kappa shape index (κ3) is 1.68. The van der Waals surface area contributed by atoms with E-state index >= 15 is 0 Å². The molecular weight excluding hydrogens is 180 g/mol. The maximum atomic E-state index is 5.38. The van der Waals surface area contributed by atoms with Gasteiger partial charge in [0.1, 0.15) is 0 Å². The van der Waals surface area contributed by atoms with Crippen LogP contribution in [0.5, 0.6) is 0 Å². The van der Waals surface area contributed by atoms with Crippen molar-refractivity contribution in [2.75, 3.05) is 11.1 Å². The van der Waals surface area contributed by atoms with Gasteiger partial charge < -0.3 is 16.0 Å². The van der Waals surface area contributed by atoms with Crippen molar-refractivity contribution in [1.29, 1.82) is 0 Å². The van der Waals surface area contributed by atoms with Crippen LogP contribution in [0.3, 0.4) is 0 Å². The van der Waals surface area contributed by atoms with Crippen molar-refractivity contribution in [3.63, 3.8) is 0 Å². The highest BCUT2D eigenvalue weighted by molar-refractivity contribution is 5.32. The minimum Gasteiger partial charge on any atom is -0.368 e. The minimum absolute atomic E-state index is 0.318. The highest BCUT2D eigenvalue weighted by Crippen LogP contribution is 2.07. The molecule has 14 heavy (non-hydrogen) atoms. The average Bonchev–Trinajstić information content (AvgIpc) is 2.72. The van der Waals surface area contributed by atoms with E-state index in [1.807, 2.05) is 19.2 Å². The first-order valence-corrected chi connectivity index (χ1v) is 4.30. The number of hydrogen-bond acceptors (Lipinski definition) is 4. The summed E-state index contributed by atoms with van der Waals surface area (Å²) in [5.41, 5.74) is 7.72. The smallest absolute Gasteiger partial charge is 0.223 e. The second-order valence-electron chi connectivity index (χ2n) is 3.04. The largest absolute Gasteiger partial charge is 0.368 e. The summed E-state index contributed by atoms with van der Waals surface area (Å²) in [6.07, 6.45) is 1.90. The maximum Gasteiger partial charge on any atom is 0.223 e. The summed E-state index contributed by atoms with van der Waals surface area (Å²) < 4.78 is 0. The van der Waals surface area contributed by atoms with Crippen LogP contribution >= 0.6 is 0 Å². The zero-order chi connectivity index (χ0) is 9.97. The number of nitrogens with zero attached hydrogens (tertiary/aromatic N) is 2. The van der Waals surface area contributed by atoms with Gasteiger partial charge in [0.15, 0.2) is 0 Å². The van der Waals surface area contributed by atoms with Crippen LogP contribution in [-0.4, -0.2) is 20.2 Å². The second kappa shape index (κ2) is 3.41. The van der Waals surface area contributed by atoms with Gasteiger partial charge in [0.05, 0.1) is 0 Å². The fourth-order valence-electron chi connectivity index (χ4n) is 1.21. The summed E-state index contributed by atoms with van der Waals surface area (Å²) >= 11 is 0. The summed E-state index contributed by atoms with van der Waals surface area (Å²) in [5, 5.41) is 10.5. The first-order valence-electron chi connectivity index (χ1n) is 4.30. The van der Waals surface area contributed by atoms with Gasteiger partial charge in [-0.3, -0.25) is 4.98 Å². The average molecular weight is 192 g/mol. The van der Waals surface area contributed by atoms with E-state index in [9.17, 15) is 0 Å². The number of nitrogens with one attached hydrogen (secondary N) is 3. The van der Waals surface area contributed by atoms with Crippen molar-refractivity contribution in [3.05, 3.63) is 23.5 Å². The standard InChI is InChI=1S/C8H12N6/c1-5-6(2-3-10-5)4-11-8-12-7(9)13-14-8/h2-3,10H,4H2,1H3,(H4,9,11,12,13,14). The first-order chi connectivity index (χ1) is 6.75. The van der Waals surface area contributed by atoms with Gasteiger partial charge in [-0.2, -0.15) is 0 Å². The van der Waals surface area contributed by atoms with E-state index in [0.29, 0.717) is 18.4 Å². The van der Waals surface area contributed by atoms with Crippen molar-refractivity contribution in [1.82, 2.24) is 20.2 Å². The lowest BCUT2D eigenvalue weighted by molar-refractivity contribution is 1.03. The lowest BCUT2D eigenvalue weighted by Gasteiger charge is -2.00. The monoisotopic (exact) mass is 192 g/mol. The molecule has 0 spiro atoms. The molecule has 5 N–H and O–H groups in total. The first kappa shape index (κ1) is 8.61. The molecule has 0 fully saturated rings. The van der Waals surface area contributed by atoms with Crippen molar-refractivity contribution in [2.45, 2.75) is 13.5 Å². The Morgan fingerprint density at radius 1 is 1.50 bits per heavy atom. The topological polar surface area (TPSA) is 95.4 Å². The molecule has 2 aromatic rings.